The zero-order valence-electron chi connectivity index (χ0n) is 11.8. The molecule has 21 heavy (non-hydrogen) atoms. The van der Waals surface area contributed by atoms with E-state index in [9.17, 15) is 19.2 Å². The Kier molecular flexibility index (Phi) is 5.03. The van der Waals surface area contributed by atoms with Crippen molar-refractivity contribution in [1.82, 2.24) is 4.90 Å². The Labute approximate surface area is 130 Å². The van der Waals surface area contributed by atoms with Crippen molar-refractivity contribution in [3.63, 3.8) is 0 Å². The summed E-state index contributed by atoms with van der Waals surface area (Å²) in [6.07, 6.45) is 0.608. The van der Waals surface area contributed by atoms with Gasteiger partial charge >= 0.3 is 5.97 Å². The van der Waals surface area contributed by atoms with Crippen molar-refractivity contribution in [2.75, 3.05) is 12.4 Å². The molecule has 0 bridgehead atoms. The van der Waals surface area contributed by atoms with E-state index in [1.165, 1.54) is 29.7 Å². The topological polar surface area (TPSA) is 89.9 Å². The van der Waals surface area contributed by atoms with Crippen molar-refractivity contribution in [3.8, 4) is 0 Å². The molecule has 4 atom stereocenters. The van der Waals surface area contributed by atoms with Crippen molar-refractivity contribution in [3.05, 3.63) is 22.6 Å². The first-order chi connectivity index (χ1) is 9.93. The number of nitrogens with zero attached hydrogens (tertiary/aromatic N) is 1. The van der Waals surface area contributed by atoms with Crippen LogP contribution in [0, 0.1) is 5.92 Å². The minimum Gasteiger partial charge on any atom is -0.611 e. The number of carbonyl (C=O) groups is 2. The monoisotopic (exact) mass is 331 g/mol. The third kappa shape index (κ3) is 2.73. The average molecular weight is 331 g/mol. The Morgan fingerprint density at radius 2 is 2.38 bits per heavy atom. The fourth-order valence-electron chi connectivity index (χ4n) is 2.24. The lowest BCUT2D eigenvalue weighted by molar-refractivity contribution is -0.157. The number of β-lactam (4-membered cyclic amide) rings is 1. The number of rotatable bonds is 6. The molecular weight excluding hydrogens is 314 g/mol. The highest BCUT2D eigenvalue weighted by Crippen LogP contribution is 2.52. The molecule has 0 radical (unpaired) electrons. The number of ether oxygens (including phenoxy) is 1. The van der Waals surface area contributed by atoms with Gasteiger partial charge in [0, 0.05) is 0 Å². The summed E-state index contributed by atoms with van der Waals surface area (Å²) in [5, 5.41) is 9.27. The third-order valence-electron chi connectivity index (χ3n) is 3.26. The molecule has 8 heteroatoms. The molecule has 0 spiro atoms. The molecule has 2 aliphatic heterocycles. The van der Waals surface area contributed by atoms with Crippen LogP contribution in [-0.4, -0.2) is 50.3 Å². The molecule has 2 rings (SSSR count). The summed E-state index contributed by atoms with van der Waals surface area (Å²) < 4.78 is 17.4. The van der Waals surface area contributed by atoms with Crippen LogP contribution < -0.4 is 0 Å². The fraction of sp³-hybridized carbons (Fsp3) is 0.538. The molecular formula is C13H17NO5S2. The second kappa shape index (κ2) is 6.43. The number of fused-ring (bicyclic) bond motifs is 1. The Morgan fingerprint density at radius 1 is 1.71 bits per heavy atom. The maximum Gasteiger partial charge on any atom is 0.361 e. The maximum atomic E-state index is 12.1. The van der Waals surface area contributed by atoms with E-state index in [1.54, 1.807) is 6.92 Å². The first-order valence-electron chi connectivity index (χ1n) is 6.52. The second-order valence-corrected chi connectivity index (χ2v) is 7.70. The molecule has 2 unspecified atom stereocenters. The maximum absolute atomic E-state index is 12.1. The molecule has 0 aromatic carbocycles. The normalized spacial score (nSPS) is 27.0. The van der Waals surface area contributed by atoms with E-state index in [2.05, 4.69) is 6.58 Å². The minimum atomic E-state index is -1.36. The number of aliphatic hydroxyl groups is 1. The van der Waals surface area contributed by atoms with Gasteiger partial charge in [-0.2, -0.15) is 0 Å². The number of thioether (sulfide) groups is 1. The standard InChI is InChI=1S/C13H17NO5S2/c1-4-6-19-12(17)9-13(21(18)5-2)20-11-8(7(3)15)10(16)14(9)11/h4,7-8,11,15H,1,5-6H2,2-3H3/t7?,8-,11+,21?/m0/s1. The SMILES string of the molecule is C=CCOC(=O)C1=C([S+]([O-])CC)S[C@@H]2[C@@H](C(C)O)C(=O)N12. The molecule has 2 heterocycles. The van der Waals surface area contributed by atoms with Crippen LogP contribution in [0.2, 0.25) is 0 Å². The lowest BCUT2D eigenvalue weighted by Gasteiger charge is -2.43. The summed E-state index contributed by atoms with van der Waals surface area (Å²) in [6.45, 7) is 6.74. The van der Waals surface area contributed by atoms with Crippen LogP contribution in [0.1, 0.15) is 13.8 Å². The summed E-state index contributed by atoms with van der Waals surface area (Å²) in [6, 6.07) is 0. The molecule has 6 nitrogen and oxygen atoms in total. The lowest BCUT2D eigenvalue weighted by atomic mass is 9.92. The van der Waals surface area contributed by atoms with Gasteiger partial charge in [-0.05, 0) is 36.8 Å². The van der Waals surface area contributed by atoms with E-state index < -0.39 is 29.2 Å². The highest BCUT2D eigenvalue weighted by atomic mass is 32.3. The third-order valence-corrected chi connectivity index (χ3v) is 6.39. The summed E-state index contributed by atoms with van der Waals surface area (Å²) in [5.41, 5.74) is 0.0499. The summed E-state index contributed by atoms with van der Waals surface area (Å²) in [4.78, 5) is 25.5. The molecule has 0 aromatic heterocycles. The molecule has 1 N–H and O–H groups in total. The summed E-state index contributed by atoms with van der Waals surface area (Å²) in [7, 11) is 0. The van der Waals surface area contributed by atoms with Crippen LogP contribution in [0.25, 0.3) is 0 Å². The summed E-state index contributed by atoms with van der Waals surface area (Å²) >= 11 is -0.161. The summed E-state index contributed by atoms with van der Waals surface area (Å²) in [5.74, 6) is -1.26. The van der Waals surface area contributed by atoms with E-state index in [0.29, 0.717) is 9.99 Å². The van der Waals surface area contributed by atoms with Gasteiger partial charge in [-0.25, -0.2) is 4.79 Å². The molecule has 0 aliphatic carbocycles. The van der Waals surface area contributed by atoms with Crippen molar-refractivity contribution < 1.29 is 24.0 Å². The van der Waals surface area contributed by atoms with Gasteiger partial charge in [0.25, 0.3) is 0 Å². The number of esters is 1. The van der Waals surface area contributed by atoms with Crippen LogP contribution in [0.5, 0.6) is 0 Å². The van der Waals surface area contributed by atoms with Gasteiger partial charge in [0.05, 0.1) is 12.0 Å². The van der Waals surface area contributed by atoms with Gasteiger partial charge in [-0.1, -0.05) is 12.7 Å². The predicted octanol–water partition coefficient (Wildman–Crippen LogP) is 0.565. The Balaban J connectivity index is 2.29. The minimum absolute atomic E-state index is 0.0194. The number of aliphatic hydroxyl groups excluding tert-OH is 1. The molecule has 116 valence electrons. The van der Waals surface area contributed by atoms with E-state index >= 15 is 0 Å². The smallest absolute Gasteiger partial charge is 0.361 e. The quantitative estimate of drug-likeness (QED) is 0.331. The zero-order chi connectivity index (χ0) is 15.7. The Bertz CT molecular complexity index is 505. The number of hydrogen-bond donors (Lipinski definition) is 1. The van der Waals surface area contributed by atoms with Gasteiger partial charge in [0.1, 0.15) is 17.7 Å². The van der Waals surface area contributed by atoms with Crippen LogP contribution in [0.3, 0.4) is 0 Å². The van der Waals surface area contributed by atoms with Gasteiger partial charge in [-0.15, -0.1) is 0 Å². The van der Waals surface area contributed by atoms with Crippen molar-refractivity contribution in [2.45, 2.75) is 25.3 Å². The largest absolute Gasteiger partial charge is 0.611 e. The molecule has 1 fully saturated rings. The number of amides is 1. The van der Waals surface area contributed by atoms with E-state index in [0.717, 1.165) is 0 Å². The van der Waals surface area contributed by atoms with Crippen LogP contribution in [0.4, 0.5) is 0 Å². The Morgan fingerprint density at radius 3 is 2.90 bits per heavy atom. The van der Waals surface area contributed by atoms with Crippen LogP contribution in [0.15, 0.2) is 22.6 Å². The van der Waals surface area contributed by atoms with Gasteiger partial charge in [0.15, 0.2) is 5.70 Å². The van der Waals surface area contributed by atoms with Gasteiger partial charge in [0.2, 0.25) is 10.1 Å². The number of hydrogen-bond acceptors (Lipinski definition) is 6. The first-order valence-corrected chi connectivity index (χ1v) is 8.72. The van der Waals surface area contributed by atoms with E-state index in [-0.39, 0.29) is 23.6 Å². The van der Waals surface area contributed by atoms with Gasteiger partial charge < -0.3 is 14.4 Å². The first kappa shape index (κ1) is 16.4. The molecule has 0 saturated carbocycles. The van der Waals surface area contributed by atoms with E-state index in [1.807, 2.05) is 0 Å². The fourth-order valence-corrected chi connectivity index (χ4v) is 5.29. The average Bonchev–Trinajstić information content (AvgIpc) is 2.78. The predicted molar refractivity (Wildman–Crippen MR) is 80.3 cm³/mol. The number of carbonyl (C=O) groups excluding carboxylic acids is 2. The highest BCUT2D eigenvalue weighted by Gasteiger charge is 2.60. The molecule has 2 aliphatic rings. The highest BCUT2D eigenvalue weighted by molar-refractivity contribution is 8.19. The van der Waals surface area contributed by atoms with Crippen molar-refractivity contribution in [1.29, 1.82) is 0 Å². The lowest BCUT2D eigenvalue weighted by Crippen LogP contribution is -2.60. The van der Waals surface area contributed by atoms with Crippen molar-refractivity contribution in [2.24, 2.45) is 5.92 Å². The van der Waals surface area contributed by atoms with Gasteiger partial charge in [-0.3, -0.25) is 9.69 Å². The van der Waals surface area contributed by atoms with E-state index in [4.69, 9.17) is 4.74 Å². The second-order valence-electron chi connectivity index (χ2n) is 4.64. The van der Waals surface area contributed by atoms with Crippen LogP contribution >= 0.6 is 11.8 Å². The zero-order valence-corrected chi connectivity index (χ0v) is 13.4. The Hall–Kier alpha value is -0.960. The molecule has 0 aromatic rings. The molecule has 1 saturated heterocycles. The van der Waals surface area contributed by atoms with Crippen molar-refractivity contribution >= 4 is 34.8 Å². The van der Waals surface area contributed by atoms with Crippen LogP contribution in [-0.2, 0) is 25.5 Å². The molecule has 1 amide bonds.